The number of nitrogens with one attached hydrogen (secondary N) is 1. The summed E-state index contributed by atoms with van der Waals surface area (Å²) in [5.41, 5.74) is -2.76. The third-order valence-electron chi connectivity index (χ3n) is 4.65. The van der Waals surface area contributed by atoms with Crippen LogP contribution in [0.1, 0.15) is 25.0 Å². The van der Waals surface area contributed by atoms with Gasteiger partial charge in [0.1, 0.15) is 6.61 Å². The second kappa shape index (κ2) is 9.44. The molecule has 0 bridgehead atoms. The zero-order valence-electron chi connectivity index (χ0n) is 18.3. The standard InChI is InChI=1S/C22H20F3NO7S/c1-21(2,20(27)30-3)33-10-4-5-14-11-15(22(23,24)25)6-8-17(14)26-34(28,29)16-7-9-18-19(12-16)32-13-31-18/h6-9,11-12,26H,10,13H2,1-3H3. The number of halogens is 3. The number of methoxy groups -OCH3 is 1. The second-order valence-electron chi connectivity index (χ2n) is 7.47. The first kappa shape index (κ1) is 25.2. The fourth-order valence-corrected chi connectivity index (χ4v) is 3.91. The van der Waals surface area contributed by atoms with E-state index >= 15 is 0 Å². The first-order chi connectivity index (χ1) is 15.8. The number of rotatable bonds is 6. The number of sulfonamides is 1. The summed E-state index contributed by atoms with van der Waals surface area (Å²) in [6.45, 7) is 2.50. The summed E-state index contributed by atoms with van der Waals surface area (Å²) in [7, 11) is -3.02. The van der Waals surface area contributed by atoms with Crippen LogP contribution in [0.25, 0.3) is 0 Å². The van der Waals surface area contributed by atoms with Crippen LogP contribution in [0.15, 0.2) is 41.3 Å². The van der Waals surface area contributed by atoms with Crippen LogP contribution in [-0.2, 0) is 30.5 Å². The van der Waals surface area contributed by atoms with Crippen LogP contribution in [-0.4, -0.2) is 40.5 Å². The average molecular weight is 499 g/mol. The quantitative estimate of drug-likeness (QED) is 0.479. The van der Waals surface area contributed by atoms with Crippen molar-refractivity contribution in [3.05, 3.63) is 47.5 Å². The van der Waals surface area contributed by atoms with Gasteiger partial charge in [-0.25, -0.2) is 13.2 Å². The number of fused-ring (bicyclic) bond motifs is 1. The lowest BCUT2D eigenvalue weighted by molar-refractivity contribution is -0.163. The third-order valence-corrected chi connectivity index (χ3v) is 6.01. The van der Waals surface area contributed by atoms with Crippen LogP contribution in [0.5, 0.6) is 11.5 Å². The molecule has 0 atom stereocenters. The summed E-state index contributed by atoms with van der Waals surface area (Å²) >= 11 is 0. The van der Waals surface area contributed by atoms with Crippen molar-refractivity contribution in [2.24, 2.45) is 0 Å². The molecule has 1 aliphatic heterocycles. The van der Waals surface area contributed by atoms with Crippen molar-refractivity contribution in [2.75, 3.05) is 25.2 Å². The summed E-state index contributed by atoms with van der Waals surface area (Å²) in [6, 6.07) is 6.34. The third kappa shape index (κ3) is 5.73. The molecule has 1 heterocycles. The summed E-state index contributed by atoms with van der Waals surface area (Å²) < 4.78 is 87.8. The maximum absolute atomic E-state index is 13.2. The van der Waals surface area contributed by atoms with E-state index in [0.29, 0.717) is 5.75 Å². The predicted octanol–water partition coefficient (Wildman–Crippen LogP) is 3.55. The van der Waals surface area contributed by atoms with E-state index in [1.807, 2.05) is 0 Å². The van der Waals surface area contributed by atoms with Crippen molar-refractivity contribution in [1.29, 1.82) is 0 Å². The number of carbonyl (C=O) groups is 1. The molecule has 0 aliphatic carbocycles. The van der Waals surface area contributed by atoms with Crippen LogP contribution in [0, 0.1) is 11.8 Å². The number of esters is 1. The highest BCUT2D eigenvalue weighted by Gasteiger charge is 2.32. The number of anilines is 1. The van der Waals surface area contributed by atoms with E-state index in [2.05, 4.69) is 21.3 Å². The molecule has 0 radical (unpaired) electrons. The molecule has 12 heteroatoms. The monoisotopic (exact) mass is 499 g/mol. The fourth-order valence-electron chi connectivity index (χ4n) is 2.81. The molecule has 0 fully saturated rings. The Morgan fingerprint density at radius 3 is 2.50 bits per heavy atom. The minimum Gasteiger partial charge on any atom is -0.467 e. The van der Waals surface area contributed by atoms with E-state index in [4.69, 9.17) is 14.2 Å². The van der Waals surface area contributed by atoms with Gasteiger partial charge in [0.15, 0.2) is 17.1 Å². The second-order valence-corrected chi connectivity index (χ2v) is 9.15. The van der Waals surface area contributed by atoms with Gasteiger partial charge in [0, 0.05) is 11.6 Å². The van der Waals surface area contributed by atoms with Crippen molar-refractivity contribution in [3.8, 4) is 23.3 Å². The van der Waals surface area contributed by atoms with Gasteiger partial charge in [0.2, 0.25) is 6.79 Å². The zero-order chi connectivity index (χ0) is 25.1. The van der Waals surface area contributed by atoms with Crippen molar-refractivity contribution in [3.63, 3.8) is 0 Å². The summed E-state index contributed by atoms with van der Waals surface area (Å²) in [6.07, 6.45) is -4.67. The number of hydrogen-bond acceptors (Lipinski definition) is 7. The molecule has 34 heavy (non-hydrogen) atoms. The molecule has 0 aromatic heterocycles. The van der Waals surface area contributed by atoms with Gasteiger partial charge in [-0.3, -0.25) is 4.72 Å². The first-order valence-electron chi connectivity index (χ1n) is 9.68. The van der Waals surface area contributed by atoms with E-state index in [-0.39, 0.29) is 35.3 Å². The molecule has 0 saturated carbocycles. The number of carbonyl (C=O) groups excluding carboxylic acids is 1. The van der Waals surface area contributed by atoms with Gasteiger partial charge >= 0.3 is 12.1 Å². The van der Waals surface area contributed by atoms with E-state index in [9.17, 15) is 26.4 Å². The molecule has 0 spiro atoms. The van der Waals surface area contributed by atoms with Gasteiger partial charge in [0.05, 0.1) is 23.3 Å². The summed E-state index contributed by atoms with van der Waals surface area (Å²) in [5.74, 6) is 4.90. The number of hydrogen-bond donors (Lipinski definition) is 1. The summed E-state index contributed by atoms with van der Waals surface area (Å²) in [4.78, 5) is 11.5. The molecule has 3 rings (SSSR count). The highest BCUT2D eigenvalue weighted by molar-refractivity contribution is 7.92. The van der Waals surface area contributed by atoms with Gasteiger partial charge in [-0.15, -0.1) is 0 Å². The molecular weight excluding hydrogens is 479 g/mol. The molecular formula is C22H20F3NO7S. The van der Waals surface area contributed by atoms with Gasteiger partial charge < -0.3 is 18.9 Å². The van der Waals surface area contributed by atoms with E-state index in [1.54, 1.807) is 0 Å². The zero-order valence-corrected chi connectivity index (χ0v) is 19.1. The van der Waals surface area contributed by atoms with Crippen LogP contribution in [0.2, 0.25) is 0 Å². The highest BCUT2D eigenvalue weighted by atomic mass is 32.2. The summed E-state index contributed by atoms with van der Waals surface area (Å²) in [5, 5.41) is 0. The topological polar surface area (TPSA) is 100 Å². The Morgan fingerprint density at radius 2 is 1.82 bits per heavy atom. The normalized spacial score (nSPS) is 13.1. The molecule has 0 saturated heterocycles. The highest BCUT2D eigenvalue weighted by Crippen LogP contribution is 2.35. The maximum atomic E-state index is 13.2. The van der Waals surface area contributed by atoms with Gasteiger partial charge in [-0.2, -0.15) is 13.2 Å². The van der Waals surface area contributed by atoms with Crippen molar-refractivity contribution in [1.82, 2.24) is 0 Å². The maximum Gasteiger partial charge on any atom is 0.416 e. The van der Waals surface area contributed by atoms with Gasteiger partial charge in [-0.05, 0) is 44.2 Å². The Balaban J connectivity index is 1.90. The minimum absolute atomic E-state index is 0.0558. The molecule has 1 aliphatic rings. The fraction of sp³-hybridized carbons (Fsp3) is 0.318. The molecule has 2 aromatic carbocycles. The number of benzene rings is 2. The Kier molecular flexibility index (Phi) is 6.99. The van der Waals surface area contributed by atoms with Crippen molar-refractivity contribution in [2.45, 2.75) is 30.5 Å². The van der Waals surface area contributed by atoms with Gasteiger partial charge in [-0.1, -0.05) is 11.8 Å². The molecule has 1 N–H and O–H groups in total. The van der Waals surface area contributed by atoms with Crippen LogP contribution in [0.3, 0.4) is 0 Å². The largest absolute Gasteiger partial charge is 0.467 e. The molecule has 0 amide bonds. The number of alkyl halides is 3. The van der Waals surface area contributed by atoms with Crippen LogP contribution < -0.4 is 14.2 Å². The molecule has 182 valence electrons. The molecule has 8 nitrogen and oxygen atoms in total. The van der Waals surface area contributed by atoms with Crippen LogP contribution >= 0.6 is 0 Å². The lowest BCUT2D eigenvalue weighted by atomic mass is 10.1. The Hall–Kier alpha value is -3.43. The number of ether oxygens (including phenoxy) is 4. The average Bonchev–Trinajstić information content (AvgIpc) is 3.24. The van der Waals surface area contributed by atoms with E-state index < -0.39 is 33.3 Å². The van der Waals surface area contributed by atoms with Gasteiger partial charge in [0.25, 0.3) is 10.0 Å². The van der Waals surface area contributed by atoms with Crippen molar-refractivity contribution < 1.29 is 45.3 Å². The van der Waals surface area contributed by atoms with Crippen molar-refractivity contribution >= 4 is 21.7 Å². The predicted molar refractivity (Wildman–Crippen MR) is 114 cm³/mol. The lowest BCUT2D eigenvalue weighted by Crippen LogP contribution is -2.36. The SMILES string of the molecule is COC(=O)C(C)(C)OCC#Cc1cc(C(F)(F)F)ccc1NS(=O)(=O)c1ccc2c(c1)OCO2. The minimum atomic E-state index is -4.67. The Labute approximate surface area is 194 Å². The molecule has 2 aromatic rings. The Morgan fingerprint density at radius 1 is 1.12 bits per heavy atom. The van der Waals surface area contributed by atoms with E-state index in [0.717, 1.165) is 18.2 Å². The molecule has 0 unspecified atom stereocenters. The lowest BCUT2D eigenvalue weighted by Gasteiger charge is -2.20. The van der Waals surface area contributed by atoms with E-state index in [1.165, 1.54) is 39.2 Å². The smallest absolute Gasteiger partial charge is 0.416 e. The first-order valence-corrected chi connectivity index (χ1v) is 11.2. The Bertz CT molecular complexity index is 1260. The van der Waals surface area contributed by atoms with Crippen LogP contribution in [0.4, 0.5) is 18.9 Å².